The van der Waals surface area contributed by atoms with Crippen LogP contribution < -0.4 is 35.0 Å². The second-order valence-corrected chi connectivity index (χ2v) is 17.1. The van der Waals surface area contributed by atoms with Gasteiger partial charge in [0.05, 0.1) is 67.4 Å². The number of hydrogen-bond acceptors (Lipinski definition) is 12. The summed E-state index contributed by atoms with van der Waals surface area (Å²) in [6, 6.07) is 25.2. The summed E-state index contributed by atoms with van der Waals surface area (Å²) in [6.45, 7) is 2.31. The van der Waals surface area contributed by atoms with E-state index in [0.717, 1.165) is 80.0 Å². The first-order valence-electron chi connectivity index (χ1n) is 21.7. The van der Waals surface area contributed by atoms with Crippen molar-refractivity contribution >= 4 is 27.5 Å². The molecule has 2 aliphatic heterocycles. The lowest BCUT2D eigenvalue weighted by molar-refractivity contribution is 0.257. The lowest BCUT2D eigenvalue weighted by atomic mass is 9.95. The molecule has 15 nitrogen and oxygen atoms in total. The summed E-state index contributed by atoms with van der Waals surface area (Å²) in [5, 5.41) is 8.68. The number of methoxy groups -OCH3 is 2. The van der Waals surface area contributed by atoms with Crippen molar-refractivity contribution in [2.24, 2.45) is 0 Å². The van der Waals surface area contributed by atoms with E-state index < -0.39 is 0 Å². The summed E-state index contributed by atoms with van der Waals surface area (Å²) >= 11 is 0. The fraction of sp³-hybridized carbons (Fsp3) is 0.280. The fourth-order valence-corrected chi connectivity index (χ4v) is 8.86. The van der Waals surface area contributed by atoms with Gasteiger partial charge in [0.15, 0.2) is 0 Å². The maximum absolute atomic E-state index is 14.1. The second kappa shape index (κ2) is 17.2. The van der Waals surface area contributed by atoms with Crippen molar-refractivity contribution in [2.45, 2.75) is 31.1 Å². The largest absolute Gasteiger partial charge is 0.497 e. The summed E-state index contributed by atoms with van der Waals surface area (Å²) in [4.78, 5) is 52.7. The summed E-state index contributed by atoms with van der Waals surface area (Å²) in [6.07, 6.45) is 5.34. The molecule has 0 fully saturated rings. The van der Waals surface area contributed by atoms with Gasteiger partial charge in [0.25, 0.3) is 11.1 Å². The predicted octanol–water partition coefficient (Wildman–Crippen LogP) is 6.65. The molecule has 330 valence electrons. The average molecular weight is 872 g/mol. The maximum atomic E-state index is 14.1. The third-order valence-electron chi connectivity index (χ3n) is 12.5. The van der Waals surface area contributed by atoms with Crippen molar-refractivity contribution in [3.8, 4) is 45.3 Å². The molecule has 0 aliphatic carbocycles. The number of nitrogens with one attached hydrogen (secondary N) is 3. The molecule has 15 heteroatoms. The lowest BCUT2D eigenvalue weighted by Gasteiger charge is -2.26. The Kier molecular flexibility index (Phi) is 11.0. The number of anilines is 1. The molecule has 65 heavy (non-hydrogen) atoms. The van der Waals surface area contributed by atoms with Gasteiger partial charge < -0.3 is 38.7 Å². The zero-order valence-electron chi connectivity index (χ0n) is 36.9. The number of benzene rings is 4. The van der Waals surface area contributed by atoms with Crippen LogP contribution in [0.1, 0.15) is 46.0 Å². The molecule has 3 N–H and O–H groups in total. The highest BCUT2D eigenvalue weighted by Gasteiger charge is 2.27. The van der Waals surface area contributed by atoms with E-state index in [1.54, 1.807) is 26.6 Å². The summed E-state index contributed by atoms with van der Waals surface area (Å²) in [5.41, 5.74) is 8.84. The van der Waals surface area contributed by atoms with Gasteiger partial charge in [-0.25, -0.2) is 9.97 Å². The highest BCUT2D eigenvalue weighted by atomic mass is 16.5. The molecule has 0 amide bonds. The molecule has 2 atom stereocenters. The molecule has 10 rings (SSSR count). The smallest absolute Gasteiger partial charge is 0.258 e. The minimum atomic E-state index is -0.220. The van der Waals surface area contributed by atoms with Gasteiger partial charge >= 0.3 is 0 Å². The van der Waals surface area contributed by atoms with Crippen LogP contribution in [0.25, 0.3) is 44.1 Å². The quantitative estimate of drug-likeness (QED) is 0.119. The zero-order valence-corrected chi connectivity index (χ0v) is 36.9. The Morgan fingerprint density at radius 2 is 1.37 bits per heavy atom. The Hall–Kier alpha value is -7.52. The van der Waals surface area contributed by atoms with E-state index in [1.165, 1.54) is 0 Å². The number of hydrogen-bond donors (Lipinski definition) is 3. The first-order valence-corrected chi connectivity index (χ1v) is 21.7. The first kappa shape index (κ1) is 41.5. The predicted molar refractivity (Wildman–Crippen MR) is 250 cm³/mol. The van der Waals surface area contributed by atoms with E-state index >= 15 is 0 Å². The topological polar surface area (TPSA) is 176 Å². The molecular weight excluding hydrogens is 823 g/mol. The van der Waals surface area contributed by atoms with Gasteiger partial charge in [-0.2, -0.15) is 5.10 Å². The highest BCUT2D eigenvalue weighted by Crippen LogP contribution is 2.37. The third kappa shape index (κ3) is 8.26. The molecule has 4 aromatic heterocycles. The van der Waals surface area contributed by atoms with E-state index in [1.807, 2.05) is 93.9 Å². The van der Waals surface area contributed by atoms with Crippen LogP contribution in [0, 0.1) is 0 Å². The van der Waals surface area contributed by atoms with Crippen molar-refractivity contribution in [3.63, 3.8) is 0 Å². The molecule has 0 saturated carbocycles. The number of H-pyrrole nitrogens is 3. The van der Waals surface area contributed by atoms with Gasteiger partial charge in [0, 0.05) is 49.7 Å². The minimum Gasteiger partial charge on any atom is -0.497 e. The van der Waals surface area contributed by atoms with E-state index in [2.05, 4.69) is 36.0 Å². The van der Waals surface area contributed by atoms with Gasteiger partial charge in [0.1, 0.15) is 40.2 Å². The van der Waals surface area contributed by atoms with E-state index in [9.17, 15) is 9.59 Å². The van der Waals surface area contributed by atoms with Crippen LogP contribution in [0.4, 0.5) is 5.69 Å². The number of nitrogens with zero attached hydrogens (tertiary/aromatic N) is 6. The normalized spacial score (nSPS) is 15.6. The van der Waals surface area contributed by atoms with Crippen LogP contribution in [0.5, 0.6) is 23.0 Å². The minimum absolute atomic E-state index is 0.128. The molecule has 2 unspecified atom stereocenters. The van der Waals surface area contributed by atoms with Crippen LogP contribution in [0.2, 0.25) is 0 Å². The van der Waals surface area contributed by atoms with Crippen molar-refractivity contribution < 1.29 is 18.9 Å². The SMILES string of the molecule is COc1ccc2c(c1)CC(c1nc3cc(-c4ccnc(Cc5[nH]ncc5-c5cc(N(C)CCN(C)C)c6nc(C7COc8ccc(OC)cc8C7)[nH]c(=O)c6c5)c4)ccc3c(=O)[nH]1)CO2. The second-order valence-electron chi connectivity index (χ2n) is 17.1. The van der Waals surface area contributed by atoms with Crippen molar-refractivity contribution in [1.82, 2.24) is 40.0 Å². The fourth-order valence-electron chi connectivity index (χ4n) is 8.86. The van der Waals surface area contributed by atoms with Crippen LogP contribution in [0.15, 0.2) is 101 Å². The van der Waals surface area contributed by atoms with Gasteiger partial charge in [-0.3, -0.25) is 19.7 Å². The van der Waals surface area contributed by atoms with Crippen molar-refractivity contribution in [3.05, 3.63) is 146 Å². The summed E-state index contributed by atoms with van der Waals surface area (Å²) < 4.78 is 23.1. The van der Waals surface area contributed by atoms with Gasteiger partial charge in [0.2, 0.25) is 0 Å². The molecule has 0 bridgehead atoms. The maximum Gasteiger partial charge on any atom is 0.258 e. The standard InChI is InChI=1S/C50H49N9O6/c1-58(2)14-15-59(3)43-23-30(21-39-46(43)54-48(56-50(39)61)34-17-32-20-37(63-5)8-11-45(32)65-27-34)40-25-52-57-42(40)24-35-18-29(12-13-51-35)28-6-9-38-41(22-28)53-47(55-49(38)60)33-16-31-19-36(62-4)7-10-44(31)64-26-33/h6-13,18-23,25,33-34H,14-17,24,26-27H2,1-5H3,(H,52,57)(H,53,55,60)(H,54,56,61). The molecule has 6 heterocycles. The molecule has 0 spiro atoms. The number of rotatable bonds is 12. The number of fused-ring (bicyclic) bond motifs is 4. The van der Waals surface area contributed by atoms with Gasteiger partial charge in [-0.15, -0.1) is 0 Å². The average Bonchev–Trinajstić information content (AvgIpc) is 3.79. The van der Waals surface area contributed by atoms with E-state index in [0.29, 0.717) is 72.5 Å². The summed E-state index contributed by atoms with van der Waals surface area (Å²) in [7, 11) is 9.40. The highest BCUT2D eigenvalue weighted by molar-refractivity contribution is 5.95. The lowest BCUT2D eigenvalue weighted by Crippen LogP contribution is -2.29. The number of aromatic nitrogens is 7. The molecule has 8 aromatic rings. The number of ether oxygens (including phenoxy) is 4. The molecule has 0 saturated heterocycles. The third-order valence-corrected chi connectivity index (χ3v) is 12.5. The van der Waals surface area contributed by atoms with Crippen LogP contribution >= 0.6 is 0 Å². The number of aromatic amines is 3. The van der Waals surface area contributed by atoms with E-state index in [-0.39, 0.29) is 23.0 Å². The molecule has 2 aliphatic rings. The molecule has 4 aromatic carbocycles. The Balaban J connectivity index is 0.947. The number of likely N-dealkylation sites (N-methyl/N-ethyl adjacent to an activating group) is 2. The van der Waals surface area contributed by atoms with Crippen molar-refractivity contribution in [2.75, 3.05) is 66.6 Å². The van der Waals surface area contributed by atoms with Crippen molar-refractivity contribution in [1.29, 1.82) is 0 Å². The Morgan fingerprint density at radius 1 is 0.708 bits per heavy atom. The molecular formula is C50H49N9O6. The Labute approximate surface area is 374 Å². The number of pyridine rings is 1. The van der Waals surface area contributed by atoms with Crippen LogP contribution in [-0.4, -0.2) is 102 Å². The van der Waals surface area contributed by atoms with E-state index in [4.69, 9.17) is 33.9 Å². The van der Waals surface area contributed by atoms with Crippen LogP contribution in [-0.2, 0) is 19.3 Å². The Morgan fingerprint density at radius 3 is 2.05 bits per heavy atom. The monoisotopic (exact) mass is 871 g/mol. The van der Waals surface area contributed by atoms with Gasteiger partial charge in [-0.05, 0) is 128 Å². The zero-order chi connectivity index (χ0) is 44.8. The van der Waals surface area contributed by atoms with Gasteiger partial charge in [-0.1, -0.05) is 6.07 Å². The summed E-state index contributed by atoms with van der Waals surface area (Å²) in [5.74, 6) is 4.03. The molecule has 0 radical (unpaired) electrons. The first-order chi connectivity index (χ1) is 31.6. The van der Waals surface area contributed by atoms with Crippen LogP contribution in [0.3, 0.4) is 0 Å². The Bertz CT molecular complexity index is 3210.